The molecule has 2 aromatic carbocycles. The lowest BCUT2D eigenvalue weighted by Crippen LogP contribution is -2.52. The van der Waals surface area contributed by atoms with Crippen molar-refractivity contribution in [1.82, 2.24) is 9.80 Å². The number of para-hydroxylation sites is 1. The highest BCUT2D eigenvalue weighted by molar-refractivity contribution is 5.87. The van der Waals surface area contributed by atoms with Crippen LogP contribution in [0, 0.1) is 5.92 Å². The smallest absolute Gasteiger partial charge is 0.242 e. The number of methoxy groups -OCH3 is 1. The predicted molar refractivity (Wildman–Crippen MR) is 127 cm³/mol. The molecule has 0 bridgehead atoms. The molecule has 6 nitrogen and oxygen atoms in total. The molecule has 1 heterocycles. The topological polar surface area (TPSA) is 75.9 Å². The van der Waals surface area contributed by atoms with Crippen LogP contribution < -0.4 is 10.5 Å². The second kappa shape index (κ2) is 10.2. The lowest BCUT2D eigenvalue weighted by Gasteiger charge is -2.29. The van der Waals surface area contributed by atoms with E-state index in [-0.39, 0.29) is 17.7 Å². The van der Waals surface area contributed by atoms with Gasteiger partial charge in [0.15, 0.2) is 0 Å². The number of nitrogens with zero attached hydrogens (tertiary/aromatic N) is 2. The molecule has 0 radical (unpaired) electrons. The van der Waals surface area contributed by atoms with Gasteiger partial charge in [0.05, 0.1) is 18.6 Å². The Morgan fingerprint density at radius 2 is 1.75 bits per heavy atom. The lowest BCUT2D eigenvalue weighted by molar-refractivity contribution is -0.137. The summed E-state index contributed by atoms with van der Waals surface area (Å²) < 4.78 is 5.58. The molecule has 6 heteroatoms. The molecule has 2 N–H and O–H groups in total. The van der Waals surface area contributed by atoms with Crippen LogP contribution in [0.1, 0.15) is 32.8 Å². The molecule has 0 unspecified atom stereocenters. The molecule has 32 heavy (non-hydrogen) atoms. The molecule has 172 valence electrons. The molecular formula is C26H35N3O3. The van der Waals surface area contributed by atoms with Gasteiger partial charge in [-0.1, -0.05) is 49.4 Å². The molecule has 1 aliphatic rings. The molecule has 3 rings (SSSR count). The summed E-state index contributed by atoms with van der Waals surface area (Å²) in [5.74, 6) is 0.450. The van der Waals surface area contributed by atoms with Gasteiger partial charge in [0.1, 0.15) is 5.75 Å². The zero-order valence-corrected chi connectivity index (χ0v) is 19.6. The van der Waals surface area contributed by atoms with Gasteiger partial charge in [0, 0.05) is 31.7 Å². The molecule has 2 aromatic rings. The summed E-state index contributed by atoms with van der Waals surface area (Å²) in [6.45, 7) is 7.62. The number of amides is 2. The van der Waals surface area contributed by atoms with Crippen LogP contribution in [0.2, 0.25) is 0 Å². The summed E-state index contributed by atoms with van der Waals surface area (Å²) >= 11 is 0. The molecule has 2 amide bonds. The lowest BCUT2D eigenvalue weighted by atomic mass is 9.90. The van der Waals surface area contributed by atoms with E-state index in [2.05, 4.69) is 19.1 Å². The molecule has 0 aromatic heterocycles. The third-order valence-electron chi connectivity index (χ3n) is 5.95. The highest BCUT2D eigenvalue weighted by atomic mass is 16.5. The van der Waals surface area contributed by atoms with Crippen LogP contribution >= 0.6 is 0 Å². The minimum atomic E-state index is -0.969. The number of rotatable bonds is 7. The number of hydrogen-bond donors (Lipinski definition) is 1. The SMILES string of the molecule is CCCN1CCN(C(=O)C(C)(C)N)C[C@H](Cc2ccccc2-c2ccccc2OC)C1=O. The normalized spacial score (nSPS) is 17.3. The Hall–Kier alpha value is -2.86. The van der Waals surface area contributed by atoms with Gasteiger partial charge in [-0.25, -0.2) is 0 Å². The summed E-state index contributed by atoms with van der Waals surface area (Å²) in [5.41, 5.74) is 8.25. The van der Waals surface area contributed by atoms with Crippen molar-refractivity contribution >= 4 is 11.8 Å². The van der Waals surface area contributed by atoms with Gasteiger partial charge in [0.2, 0.25) is 11.8 Å². The number of ether oxygens (including phenoxy) is 1. The zero-order chi connectivity index (χ0) is 23.3. The third-order valence-corrected chi connectivity index (χ3v) is 5.95. The van der Waals surface area contributed by atoms with E-state index in [4.69, 9.17) is 10.5 Å². The van der Waals surface area contributed by atoms with E-state index in [1.54, 1.807) is 25.9 Å². The standard InChI is InChI=1S/C26H35N3O3/c1-5-14-28-15-16-29(25(31)26(2,3)27)18-20(24(28)30)17-19-10-6-7-11-21(19)22-12-8-9-13-23(22)32-4/h6-13,20H,5,14-18,27H2,1-4H3/t20-/m0/s1. The van der Waals surface area contributed by atoms with Crippen molar-refractivity contribution < 1.29 is 14.3 Å². The summed E-state index contributed by atoms with van der Waals surface area (Å²) in [6.07, 6.45) is 1.43. The Bertz CT molecular complexity index is 951. The average Bonchev–Trinajstić information content (AvgIpc) is 2.93. The minimum absolute atomic E-state index is 0.104. The van der Waals surface area contributed by atoms with E-state index in [1.165, 1.54) is 0 Å². The molecule has 0 saturated carbocycles. The number of carbonyl (C=O) groups excluding carboxylic acids is 2. The molecule has 1 atom stereocenters. The minimum Gasteiger partial charge on any atom is -0.496 e. The van der Waals surface area contributed by atoms with Crippen LogP contribution in [-0.4, -0.2) is 60.4 Å². The highest BCUT2D eigenvalue weighted by Crippen LogP contribution is 2.33. The highest BCUT2D eigenvalue weighted by Gasteiger charge is 2.36. The van der Waals surface area contributed by atoms with Crippen LogP contribution in [-0.2, 0) is 16.0 Å². The van der Waals surface area contributed by atoms with E-state index >= 15 is 0 Å². The van der Waals surface area contributed by atoms with Crippen molar-refractivity contribution in [3.05, 3.63) is 54.1 Å². The molecule has 1 saturated heterocycles. The van der Waals surface area contributed by atoms with Gasteiger partial charge < -0.3 is 20.3 Å². The average molecular weight is 438 g/mol. The molecule has 0 aliphatic carbocycles. The number of carbonyl (C=O) groups is 2. The van der Waals surface area contributed by atoms with Crippen LogP contribution in [0.5, 0.6) is 5.75 Å². The van der Waals surface area contributed by atoms with Crippen molar-refractivity contribution in [3.8, 4) is 16.9 Å². The van der Waals surface area contributed by atoms with Gasteiger partial charge >= 0.3 is 0 Å². The number of hydrogen-bond acceptors (Lipinski definition) is 4. The molecular weight excluding hydrogens is 402 g/mol. The van der Waals surface area contributed by atoms with Crippen LogP contribution in [0.3, 0.4) is 0 Å². The van der Waals surface area contributed by atoms with Gasteiger partial charge in [-0.05, 0) is 43.9 Å². The first-order chi connectivity index (χ1) is 15.3. The van der Waals surface area contributed by atoms with E-state index in [0.717, 1.165) is 28.9 Å². The summed E-state index contributed by atoms with van der Waals surface area (Å²) in [6, 6.07) is 16.0. The van der Waals surface area contributed by atoms with E-state index < -0.39 is 5.54 Å². The van der Waals surface area contributed by atoms with Gasteiger partial charge in [-0.2, -0.15) is 0 Å². The third kappa shape index (κ3) is 5.30. The van der Waals surface area contributed by atoms with Gasteiger partial charge in [0.25, 0.3) is 0 Å². The van der Waals surface area contributed by atoms with Gasteiger partial charge in [-0.15, -0.1) is 0 Å². The predicted octanol–water partition coefficient (Wildman–Crippen LogP) is 3.34. The molecule has 1 fully saturated rings. The monoisotopic (exact) mass is 437 g/mol. The first-order valence-corrected chi connectivity index (χ1v) is 11.3. The van der Waals surface area contributed by atoms with Crippen molar-refractivity contribution in [3.63, 3.8) is 0 Å². The Morgan fingerprint density at radius 3 is 2.41 bits per heavy atom. The fourth-order valence-corrected chi connectivity index (χ4v) is 4.37. The first-order valence-electron chi connectivity index (χ1n) is 11.3. The first kappa shape index (κ1) is 23.8. The van der Waals surface area contributed by atoms with E-state index in [0.29, 0.717) is 32.6 Å². The second-order valence-electron chi connectivity index (χ2n) is 9.06. The second-order valence-corrected chi connectivity index (χ2v) is 9.06. The maximum atomic E-state index is 13.5. The molecule has 1 aliphatic heterocycles. The largest absolute Gasteiger partial charge is 0.496 e. The Balaban J connectivity index is 1.96. The molecule has 0 spiro atoms. The van der Waals surface area contributed by atoms with Crippen LogP contribution in [0.4, 0.5) is 0 Å². The zero-order valence-electron chi connectivity index (χ0n) is 19.6. The van der Waals surface area contributed by atoms with Crippen LogP contribution in [0.15, 0.2) is 48.5 Å². The quantitative estimate of drug-likeness (QED) is 0.721. The Kier molecular flexibility index (Phi) is 7.56. The fourth-order valence-electron chi connectivity index (χ4n) is 4.37. The van der Waals surface area contributed by atoms with Crippen molar-refractivity contribution in [2.24, 2.45) is 11.7 Å². The maximum Gasteiger partial charge on any atom is 0.242 e. The van der Waals surface area contributed by atoms with Crippen molar-refractivity contribution in [1.29, 1.82) is 0 Å². The number of nitrogens with two attached hydrogens (primary N) is 1. The number of benzene rings is 2. The summed E-state index contributed by atoms with van der Waals surface area (Å²) in [4.78, 5) is 30.1. The van der Waals surface area contributed by atoms with Crippen LogP contribution in [0.25, 0.3) is 11.1 Å². The summed E-state index contributed by atoms with van der Waals surface area (Å²) in [7, 11) is 1.66. The Morgan fingerprint density at radius 1 is 1.09 bits per heavy atom. The van der Waals surface area contributed by atoms with E-state index in [9.17, 15) is 9.59 Å². The van der Waals surface area contributed by atoms with Gasteiger partial charge in [-0.3, -0.25) is 9.59 Å². The Labute approximate surface area is 191 Å². The van der Waals surface area contributed by atoms with E-state index in [1.807, 2.05) is 41.3 Å². The van der Waals surface area contributed by atoms with Crippen molar-refractivity contribution in [2.75, 3.05) is 33.3 Å². The maximum absolute atomic E-state index is 13.5. The van der Waals surface area contributed by atoms with Crippen molar-refractivity contribution in [2.45, 2.75) is 39.2 Å². The summed E-state index contributed by atoms with van der Waals surface area (Å²) in [5, 5.41) is 0. The fraction of sp³-hybridized carbons (Fsp3) is 0.462.